The van der Waals surface area contributed by atoms with Gasteiger partial charge in [0, 0.05) is 13.7 Å². The highest BCUT2D eigenvalue weighted by Crippen LogP contribution is 2.07. The molecule has 96 valence electrons. The lowest BCUT2D eigenvalue weighted by atomic mass is 10.2. The fourth-order valence-electron chi connectivity index (χ4n) is 1.21. The van der Waals surface area contributed by atoms with Gasteiger partial charge >= 0.3 is 6.09 Å². The second-order valence-electron chi connectivity index (χ2n) is 4.66. The third kappa shape index (κ3) is 8.49. The van der Waals surface area contributed by atoms with E-state index < -0.39 is 11.7 Å². The average Bonchev–Trinajstić information content (AvgIpc) is 2.11. The molecule has 0 aliphatic carbocycles. The van der Waals surface area contributed by atoms with Gasteiger partial charge in [-0.15, -0.1) is 0 Å². The van der Waals surface area contributed by atoms with E-state index in [4.69, 9.17) is 14.6 Å². The van der Waals surface area contributed by atoms with Crippen molar-refractivity contribution < 1.29 is 19.4 Å². The second-order valence-corrected chi connectivity index (χ2v) is 4.66. The van der Waals surface area contributed by atoms with Crippen LogP contribution in [-0.4, -0.2) is 43.2 Å². The fraction of sp³-hybridized carbons (Fsp3) is 0.909. The Kier molecular flexibility index (Phi) is 7.08. The van der Waals surface area contributed by atoms with Gasteiger partial charge < -0.3 is 19.9 Å². The quantitative estimate of drug-likeness (QED) is 0.725. The zero-order valence-corrected chi connectivity index (χ0v) is 10.6. The number of carbonyl (C=O) groups excluding carboxylic acids is 1. The van der Waals surface area contributed by atoms with Gasteiger partial charge in [0.2, 0.25) is 0 Å². The number of rotatable bonds is 6. The van der Waals surface area contributed by atoms with E-state index in [0.29, 0.717) is 19.4 Å². The molecule has 0 rings (SSSR count). The fourth-order valence-corrected chi connectivity index (χ4v) is 1.21. The van der Waals surface area contributed by atoms with Crippen molar-refractivity contribution in [2.75, 3.05) is 20.3 Å². The molecule has 5 heteroatoms. The second kappa shape index (κ2) is 7.46. The molecule has 0 radical (unpaired) electrons. The molecule has 0 aromatic carbocycles. The minimum absolute atomic E-state index is 0.107. The molecule has 2 N–H and O–H groups in total. The molecule has 0 saturated heterocycles. The van der Waals surface area contributed by atoms with Gasteiger partial charge in [0.15, 0.2) is 0 Å². The summed E-state index contributed by atoms with van der Waals surface area (Å²) < 4.78 is 10.1. The third-order valence-electron chi connectivity index (χ3n) is 1.80. The average molecular weight is 233 g/mol. The molecule has 0 aliphatic heterocycles. The first-order valence-electron chi connectivity index (χ1n) is 5.48. The van der Waals surface area contributed by atoms with E-state index in [1.807, 2.05) is 20.8 Å². The molecule has 0 spiro atoms. The van der Waals surface area contributed by atoms with Gasteiger partial charge in [-0.3, -0.25) is 0 Å². The number of aliphatic hydroxyl groups is 1. The van der Waals surface area contributed by atoms with Crippen molar-refractivity contribution in [1.82, 2.24) is 5.32 Å². The zero-order chi connectivity index (χ0) is 12.6. The van der Waals surface area contributed by atoms with Crippen LogP contribution in [0.25, 0.3) is 0 Å². The molecule has 0 aliphatic rings. The molecule has 0 aromatic rings. The van der Waals surface area contributed by atoms with E-state index in [1.165, 1.54) is 0 Å². The Hall–Kier alpha value is -0.810. The molecule has 0 bridgehead atoms. The van der Waals surface area contributed by atoms with Gasteiger partial charge in [0.05, 0.1) is 12.6 Å². The number of hydrogen-bond acceptors (Lipinski definition) is 4. The van der Waals surface area contributed by atoms with Crippen LogP contribution in [0, 0.1) is 0 Å². The number of methoxy groups -OCH3 is 1. The Morgan fingerprint density at radius 3 is 2.50 bits per heavy atom. The Bertz CT molecular complexity index is 201. The predicted octanol–water partition coefficient (Wildman–Crippen LogP) is 1.30. The van der Waals surface area contributed by atoms with Crippen molar-refractivity contribution in [3.05, 3.63) is 0 Å². The number of ether oxygens (including phenoxy) is 2. The summed E-state index contributed by atoms with van der Waals surface area (Å²) in [5.41, 5.74) is -0.501. The maximum absolute atomic E-state index is 11.5. The largest absolute Gasteiger partial charge is 0.444 e. The lowest BCUT2D eigenvalue weighted by Gasteiger charge is -2.23. The summed E-state index contributed by atoms with van der Waals surface area (Å²) in [6.07, 6.45) is 0.848. The summed E-state index contributed by atoms with van der Waals surface area (Å²) in [4.78, 5) is 11.5. The molecule has 16 heavy (non-hydrogen) atoms. The number of amides is 1. The first-order valence-corrected chi connectivity index (χ1v) is 5.48. The summed E-state index contributed by atoms with van der Waals surface area (Å²) in [5.74, 6) is 0. The van der Waals surface area contributed by atoms with Crippen LogP contribution in [0.3, 0.4) is 0 Å². The lowest BCUT2D eigenvalue weighted by molar-refractivity contribution is 0.0460. The van der Waals surface area contributed by atoms with Crippen LogP contribution in [0.1, 0.15) is 33.6 Å². The molecule has 0 fully saturated rings. The van der Waals surface area contributed by atoms with E-state index in [-0.39, 0.29) is 12.6 Å². The van der Waals surface area contributed by atoms with E-state index in [0.717, 1.165) is 0 Å². The van der Waals surface area contributed by atoms with E-state index >= 15 is 0 Å². The normalized spacial score (nSPS) is 13.3. The smallest absolute Gasteiger partial charge is 0.407 e. The summed E-state index contributed by atoms with van der Waals surface area (Å²) >= 11 is 0. The van der Waals surface area contributed by atoms with Crippen LogP contribution in [0.2, 0.25) is 0 Å². The molecular weight excluding hydrogens is 210 g/mol. The highest BCUT2D eigenvalue weighted by molar-refractivity contribution is 5.68. The van der Waals surface area contributed by atoms with Crippen LogP contribution >= 0.6 is 0 Å². The summed E-state index contributed by atoms with van der Waals surface area (Å²) in [6.45, 7) is 5.96. The van der Waals surface area contributed by atoms with Gasteiger partial charge in [-0.2, -0.15) is 0 Å². The predicted molar refractivity (Wildman–Crippen MR) is 61.4 cm³/mol. The topological polar surface area (TPSA) is 67.8 Å². The van der Waals surface area contributed by atoms with Gasteiger partial charge in [0.1, 0.15) is 5.60 Å². The highest BCUT2D eigenvalue weighted by Gasteiger charge is 2.19. The summed E-state index contributed by atoms with van der Waals surface area (Å²) in [7, 11) is 1.57. The van der Waals surface area contributed by atoms with E-state index in [2.05, 4.69) is 5.32 Å². The SMILES string of the molecule is COC[C@@H](CCCO)NC(=O)OC(C)(C)C. The number of aliphatic hydroxyl groups excluding tert-OH is 1. The van der Waals surface area contributed by atoms with Crippen LogP contribution < -0.4 is 5.32 Å². The van der Waals surface area contributed by atoms with Crippen molar-refractivity contribution in [3.8, 4) is 0 Å². The Labute approximate surface area is 97.1 Å². The minimum atomic E-state index is -0.501. The number of nitrogens with one attached hydrogen (secondary N) is 1. The first kappa shape index (κ1) is 15.2. The van der Waals surface area contributed by atoms with E-state index in [9.17, 15) is 4.79 Å². The van der Waals surface area contributed by atoms with Crippen LogP contribution in [0.4, 0.5) is 4.79 Å². The van der Waals surface area contributed by atoms with Gasteiger partial charge in [-0.1, -0.05) is 0 Å². The monoisotopic (exact) mass is 233 g/mol. The molecule has 0 aromatic heterocycles. The third-order valence-corrected chi connectivity index (χ3v) is 1.80. The molecule has 0 saturated carbocycles. The number of hydrogen-bond donors (Lipinski definition) is 2. The Morgan fingerprint density at radius 2 is 2.06 bits per heavy atom. The maximum atomic E-state index is 11.5. The summed E-state index contributed by atoms with van der Waals surface area (Å²) in [5, 5.41) is 11.4. The molecule has 5 nitrogen and oxygen atoms in total. The standard InChI is InChI=1S/C11H23NO4/c1-11(2,3)16-10(14)12-9(8-15-4)6-5-7-13/h9,13H,5-8H2,1-4H3,(H,12,14)/t9-/m1/s1. The highest BCUT2D eigenvalue weighted by atomic mass is 16.6. The number of alkyl carbamates (subject to hydrolysis) is 1. The van der Waals surface area contributed by atoms with Crippen molar-refractivity contribution in [2.24, 2.45) is 0 Å². The van der Waals surface area contributed by atoms with Crippen LogP contribution in [-0.2, 0) is 9.47 Å². The number of carbonyl (C=O) groups is 1. The van der Waals surface area contributed by atoms with Gasteiger partial charge in [-0.25, -0.2) is 4.79 Å². The summed E-state index contributed by atoms with van der Waals surface area (Å²) in [6, 6.07) is -0.119. The van der Waals surface area contributed by atoms with Crippen LogP contribution in [0.15, 0.2) is 0 Å². The Morgan fingerprint density at radius 1 is 1.44 bits per heavy atom. The van der Waals surface area contributed by atoms with Crippen molar-refractivity contribution in [1.29, 1.82) is 0 Å². The molecular formula is C11H23NO4. The first-order chi connectivity index (χ1) is 7.39. The molecule has 0 unspecified atom stereocenters. The molecule has 1 atom stereocenters. The van der Waals surface area contributed by atoms with Gasteiger partial charge in [-0.05, 0) is 33.6 Å². The lowest BCUT2D eigenvalue weighted by Crippen LogP contribution is -2.41. The zero-order valence-electron chi connectivity index (χ0n) is 10.6. The van der Waals surface area contributed by atoms with Crippen LogP contribution in [0.5, 0.6) is 0 Å². The van der Waals surface area contributed by atoms with Gasteiger partial charge in [0.25, 0.3) is 0 Å². The maximum Gasteiger partial charge on any atom is 0.407 e. The van der Waals surface area contributed by atoms with Crippen molar-refractivity contribution >= 4 is 6.09 Å². The van der Waals surface area contributed by atoms with E-state index in [1.54, 1.807) is 7.11 Å². The Balaban J connectivity index is 4.02. The minimum Gasteiger partial charge on any atom is -0.444 e. The molecule has 0 heterocycles. The van der Waals surface area contributed by atoms with Crippen molar-refractivity contribution in [2.45, 2.75) is 45.3 Å². The van der Waals surface area contributed by atoms with Crippen molar-refractivity contribution in [3.63, 3.8) is 0 Å². The molecule has 1 amide bonds.